The molecule has 3 rings (SSSR count). The zero-order valence-corrected chi connectivity index (χ0v) is 12.0. The Balaban J connectivity index is 1.86. The third kappa shape index (κ3) is 2.64. The fourth-order valence-corrected chi connectivity index (χ4v) is 2.96. The fraction of sp³-hybridized carbons (Fsp3) is 0.467. The second-order valence-electron chi connectivity index (χ2n) is 5.33. The third-order valence-electron chi connectivity index (χ3n) is 4.00. The lowest BCUT2D eigenvalue weighted by molar-refractivity contribution is -0.154. The van der Waals surface area contributed by atoms with E-state index in [1.807, 2.05) is 39.9 Å². The first-order chi connectivity index (χ1) is 10.2. The monoisotopic (exact) mass is 289 g/mol. The summed E-state index contributed by atoms with van der Waals surface area (Å²) in [5, 5.41) is 10.1. The van der Waals surface area contributed by atoms with Crippen molar-refractivity contribution in [2.45, 2.75) is 31.5 Å². The number of imidazole rings is 1. The van der Waals surface area contributed by atoms with Gasteiger partial charge in [-0.15, -0.1) is 0 Å². The average molecular weight is 289 g/mol. The van der Waals surface area contributed by atoms with Gasteiger partial charge in [0.25, 0.3) is 0 Å². The van der Waals surface area contributed by atoms with E-state index in [2.05, 4.69) is 4.98 Å². The summed E-state index contributed by atoms with van der Waals surface area (Å²) >= 11 is 0. The SMILES string of the molecule is COC(=O)[C@@H]1[C@@H](O)CCCN1Cc1cnc2ccccn12. The van der Waals surface area contributed by atoms with Crippen LogP contribution < -0.4 is 0 Å². The fourth-order valence-electron chi connectivity index (χ4n) is 2.96. The van der Waals surface area contributed by atoms with Crippen molar-refractivity contribution in [1.29, 1.82) is 0 Å². The molecule has 1 aliphatic heterocycles. The highest BCUT2D eigenvalue weighted by Gasteiger charge is 2.36. The van der Waals surface area contributed by atoms with Gasteiger partial charge in [-0.3, -0.25) is 9.69 Å². The van der Waals surface area contributed by atoms with Crippen molar-refractivity contribution >= 4 is 11.6 Å². The first-order valence-electron chi connectivity index (χ1n) is 7.11. The van der Waals surface area contributed by atoms with Crippen LogP contribution in [0.3, 0.4) is 0 Å². The van der Waals surface area contributed by atoms with Gasteiger partial charge in [-0.25, -0.2) is 4.98 Å². The molecule has 0 radical (unpaired) electrons. The molecule has 0 saturated carbocycles. The quantitative estimate of drug-likeness (QED) is 0.848. The van der Waals surface area contributed by atoms with E-state index in [0.29, 0.717) is 13.0 Å². The van der Waals surface area contributed by atoms with Crippen LogP contribution in [0.1, 0.15) is 18.5 Å². The highest BCUT2D eigenvalue weighted by molar-refractivity contribution is 5.76. The Kier molecular flexibility index (Phi) is 3.90. The molecule has 21 heavy (non-hydrogen) atoms. The molecule has 1 aliphatic rings. The number of carbonyl (C=O) groups is 1. The standard InChI is InChI=1S/C15H19N3O3/c1-21-15(20)14-12(19)5-4-7-17(14)10-11-9-16-13-6-2-3-8-18(11)13/h2-3,6,8-9,12,14,19H,4-5,7,10H2,1H3/t12-,14-/m0/s1. The lowest BCUT2D eigenvalue weighted by Crippen LogP contribution is -2.52. The average Bonchev–Trinajstić information content (AvgIpc) is 2.90. The summed E-state index contributed by atoms with van der Waals surface area (Å²) in [5.41, 5.74) is 1.87. The number of ether oxygens (including phenoxy) is 1. The Labute approximate surface area is 123 Å². The third-order valence-corrected chi connectivity index (χ3v) is 4.00. The van der Waals surface area contributed by atoms with E-state index in [1.165, 1.54) is 7.11 Å². The van der Waals surface area contributed by atoms with Gasteiger partial charge < -0.3 is 14.2 Å². The largest absolute Gasteiger partial charge is 0.468 e. The number of aliphatic hydroxyl groups excluding tert-OH is 1. The van der Waals surface area contributed by atoms with Crippen molar-refractivity contribution in [2.24, 2.45) is 0 Å². The molecule has 3 heterocycles. The number of nitrogens with zero attached hydrogens (tertiary/aromatic N) is 3. The van der Waals surface area contributed by atoms with Crippen LogP contribution in [0.4, 0.5) is 0 Å². The van der Waals surface area contributed by atoms with Gasteiger partial charge in [0.1, 0.15) is 11.7 Å². The van der Waals surface area contributed by atoms with E-state index in [9.17, 15) is 9.90 Å². The summed E-state index contributed by atoms with van der Waals surface area (Å²) in [6.45, 7) is 1.32. The summed E-state index contributed by atoms with van der Waals surface area (Å²) in [6.07, 6.45) is 4.58. The molecule has 6 heteroatoms. The molecule has 112 valence electrons. The summed E-state index contributed by atoms with van der Waals surface area (Å²) in [4.78, 5) is 18.3. The van der Waals surface area contributed by atoms with Gasteiger partial charge in [0.05, 0.1) is 25.1 Å². The molecule has 0 unspecified atom stereocenters. The van der Waals surface area contributed by atoms with Crippen LogP contribution in [0, 0.1) is 0 Å². The topological polar surface area (TPSA) is 67.1 Å². The van der Waals surface area contributed by atoms with Gasteiger partial charge >= 0.3 is 5.97 Å². The second-order valence-corrected chi connectivity index (χ2v) is 5.33. The molecule has 6 nitrogen and oxygen atoms in total. The zero-order valence-electron chi connectivity index (χ0n) is 12.0. The van der Waals surface area contributed by atoms with E-state index in [0.717, 1.165) is 24.3 Å². The number of aliphatic hydroxyl groups is 1. The molecule has 2 aromatic rings. The molecule has 0 amide bonds. The first-order valence-corrected chi connectivity index (χ1v) is 7.11. The van der Waals surface area contributed by atoms with Gasteiger partial charge in [-0.2, -0.15) is 0 Å². The molecule has 1 saturated heterocycles. The number of methoxy groups -OCH3 is 1. The maximum absolute atomic E-state index is 11.9. The summed E-state index contributed by atoms with van der Waals surface area (Å²) < 4.78 is 6.83. The second kappa shape index (κ2) is 5.83. The number of esters is 1. The van der Waals surface area contributed by atoms with E-state index in [-0.39, 0.29) is 5.97 Å². The van der Waals surface area contributed by atoms with Crippen molar-refractivity contribution in [3.8, 4) is 0 Å². The maximum atomic E-state index is 11.9. The number of hydrogen-bond donors (Lipinski definition) is 1. The minimum absolute atomic E-state index is 0.379. The minimum atomic E-state index is -0.676. The van der Waals surface area contributed by atoms with Crippen LogP contribution in [0.25, 0.3) is 5.65 Å². The Hall–Kier alpha value is -1.92. The smallest absolute Gasteiger partial charge is 0.325 e. The van der Waals surface area contributed by atoms with Gasteiger partial charge in [0.2, 0.25) is 0 Å². The minimum Gasteiger partial charge on any atom is -0.468 e. The van der Waals surface area contributed by atoms with E-state index < -0.39 is 12.1 Å². The number of hydrogen-bond acceptors (Lipinski definition) is 5. The lowest BCUT2D eigenvalue weighted by Gasteiger charge is -2.36. The van der Waals surface area contributed by atoms with Crippen LogP contribution >= 0.6 is 0 Å². The maximum Gasteiger partial charge on any atom is 0.325 e. The number of piperidine rings is 1. The van der Waals surface area contributed by atoms with E-state index in [4.69, 9.17) is 4.74 Å². The number of carbonyl (C=O) groups excluding carboxylic acids is 1. The predicted molar refractivity (Wildman–Crippen MR) is 76.6 cm³/mol. The predicted octanol–water partition coefficient (Wildman–Crippen LogP) is 0.833. The Morgan fingerprint density at radius 3 is 3.19 bits per heavy atom. The number of aromatic nitrogens is 2. The number of pyridine rings is 1. The molecule has 0 bridgehead atoms. The van der Waals surface area contributed by atoms with Crippen LogP contribution in [0.2, 0.25) is 0 Å². The number of likely N-dealkylation sites (tertiary alicyclic amines) is 1. The summed E-state index contributed by atoms with van der Waals surface area (Å²) in [6, 6.07) is 5.22. The summed E-state index contributed by atoms with van der Waals surface area (Å²) in [5.74, 6) is -0.379. The normalized spacial score (nSPS) is 23.3. The van der Waals surface area contributed by atoms with E-state index >= 15 is 0 Å². The molecule has 2 atom stereocenters. The highest BCUT2D eigenvalue weighted by Crippen LogP contribution is 2.21. The van der Waals surface area contributed by atoms with Crippen LogP contribution in [-0.2, 0) is 16.1 Å². The van der Waals surface area contributed by atoms with Crippen LogP contribution in [-0.4, -0.2) is 51.2 Å². The van der Waals surface area contributed by atoms with Gasteiger partial charge in [0, 0.05) is 12.7 Å². The Morgan fingerprint density at radius 2 is 2.38 bits per heavy atom. The molecule has 1 fully saturated rings. The molecular formula is C15H19N3O3. The van der Waals surface area contributed by atoms with Crippen molar-refractivity contribution < 1.29 is 14.6 Å². The van der Waals surface area contributed by atoms with Gasteiger partial charge in [0.15, 0.2) is 0 Å². The van der Waals surface area contributed by atoms with Gasteiger partial charge in [-0.1, -0.05) is 6.07 Å². The molecule has 2 aromatic heterocycles. The number of fused-ring (bicyclic) bond motifs is 1. The molecule has 0 aliphatic carbocycles. The zero-order chi connectivity index (χ0) is 14.8. The Bertz CT molecular complexity index is 640. The van der Waals surface area contributed by atoms with Crippen LogP contribution in [0.15, 0.2) is 30.6 Å². The van der Waals surface area contributed by atoms with Crippen LogP contribution in [0.5, 0.6) is 0 Å². The van der Waals surface area contributed by atoms with Crippen molar-refractivity contribution in [3.05, 3.63) is 36.3 Å². The molecule has 0 spiro atoms. The first kappa shape index (κ1) is 14.0. The Morgan fingerprint density at radius 1 is 1.52 bits per heavy atom. The van der Waals surface area contributed by atoms with Crippen molar-refractivity contribution in [1.82, 2.24) is 14.3 Å². The summed E-state index contributed by atoms with van der Waals surface area (Å²) in [7, 11) is 1.36. The van der Waals surface area contributed by atoms with Crippen molar-refractivity contribution in [3.63, 3.8) is 0 Å². The van der Waals surface area contributed by atoms with Gasteiger partial charge in [-0.05, 0) is 31.5 Å². The molecule has 0 aromatic carbocycles. The number of rotatable bonds is 3. The molecule has 1 N–H and O–H groups in total. The van der Waals surface area contributed by atoms with Crippen molar-refractivity contribution in [2.75, 3.05) is 13.7 Å². The lowest BCUT2D eigenvalue weighted by atomic mass is 9.98. The highest BCUT2D eigenvalue weighted by atomic mass is 16.5. The molecular weight excluding hydrogens is 270 g/mol. The van der Waals surface area contributed by atoms with E-state index in [1.54, 1.807) is 0 Å².